The van der Waals surface area contributed by atoms with Crippen LogP contribution in [0.1, 0.15) is 24.0 Å². The molecule has 166 valence electrons. The van der Waals surface area contributed by atoms with Gasteiger partial charge >= 0.3 is 0 Å². The summed E-state index contributed by atoms with van der Waals surface area (Å²) in [6.07, 6.45) is 0.877. The number of carbonyl (C=O) groups excluding carboxylic acids is 2. The molecule has 0 spiro atoms. The number of hydrogen-bond acceptors (Lipinski definition) is 4. The minimum atomic E-state index is -3.55. The predicted octanol–water partition coefficient (Wildman–Crippen LogP) is 2.80. The van der Waals surface area contributed by atoms with Gasteiger partial charge in [0.05, 0.1) is 11.4 Å². The molecular weight excluding hydrogens is 414 g/mol. The zero-order valence-corrected chi connectivity index (χ0v) is 19.0. The Labute approximate surface area is 184 Å². The Bertz CT molecular complexity index is 1030. The van der Waals surface area contributed by atoms with Gasteiger partial charge in [-0.05, 0) is 49.9 Å². The SMILES string of the molecule is Cc1cccc(C)c1NC(=O)CN(C)C(=O)C1CCN(S(=O)(=O)c2ccccc2)CC1. The van der Waals surface area contributed by atoms with Gasteiger partial charge in [0.1, 0.15) is 0 Å². The van der Waals surface area contributed by atoms with Crippen molar-refractivity contribution in [2.75, 3.05) is 32.0 Å². The molecule has 0 unspecified atom stereocenters. The fourth-order valence-corrected chi connectivity index (χ4v) is 5.37. The number of carbonyl (C=O) groups is 2. The maximum absolute atomic E-state index is 12.8. The largest absolute Gasteiger partial charge is 0.336 e. The summed E-state index contributed by atoms with van der Waals surface area (Å²) in [6.45, 7) is 4.38. The number of rotatable bonds is 6. The van der Waals surface area contributed by atoms with Crippen molar-refractivity contribution < 1.29 is 18.0 Å². The van der Waals surface area contributed by atoms with Crippen molar-refractivity contribution >= 4 is 27.5 Å². The minimum Gasteiger partial charge on any atom is -0.336 e. The normalized spacial score (nSPS) is 15.5. The first-order valence-corrected chi connectivity index (χ1v) is 11.8. The number of para-hydroxylation sites is 1. The summed E-state index contributed by atoms with van der Waals surface area (Å²) in [6, 6.07) is 14.1. The van der Waals surface area contributed by atoms with Gasteiger partial charge in [0.2, 0.25) is 21.8 Å². The lowest BCUT2D eigenvalue weighted by molar-refractivity contribution is -0.138. The molecule has 0 bridgehead atoms. The molecule has 0 atom stereocenters. The van der Waals surface area contributed by atoms with Gasteiger partial charge in [0.15, 0.2) is 0 Å². The number of piperidine rings is 1. The van der Waals surface area contributed by atoms with E-state index in [1.54, 1.807) is 37.4 Å². The first-order valence-electron chi connectivity index (χ1n) is 10.4. The number of hydrogen-bond donors (Lipinski definition) is 1. The number of likely N-dealkylation sites (N-methyl/N-ethyl adjacent to an activating group) is 1. The molecule has 2 amide bonds. The van der Waals surface area contributed by atoms with Gasteiger partial charge in [-0.25, -0.2) is 8.42 Å². The van der Waals surface area contributed by atoms with E-state index < -0.39 is 10.0 Å². The second-order valence-electron chi connectivity index (χ2n) is 8.00. The lowest BCUT2D eigenvalue weighted by Crippen LogP contribution is -2.45. The minimum absolute atomic E-state index is 0.0465. The van der Waals surface area contributed by atoms with E-state index >= 15 is 0 Å². The summed E-state index contributed by atoms with van der Waals surface area (Å²) in [5.74, 6) is -0.675. The third kappa shape index (κ3) is 5.32. The molecule has 1 aliphatic heterocycles. The van der Waals surface area contributed by atoms with Crippen molar-refractivity contribution in [3.05, 3.63) is 59.7 Å². The second-order valence-corrected chi connectivity index (χ2v) is 9.94. The molecule has 0 radical (unpaired) electrons. The molecule has 1 heterocycles. The number of aryl methyl sites for hydroxylation is 2. The standard InChI is InChI=1S/C23H29N3O4S/c1-17-8-7-9-18(2)22(17)24-21(27)16-25(3)23(28)19-12-14-26(15-13-19)31(29,30)20-10-5-4-6-11-20/h4-11,19H,12-16H2,1-3H3,(H,24,27). The van der Waals surface area contributed by atoms with E-state index in [-0.39, 0.29) is 42.3 Å². The highest BCUT2D eigenvalue weighted by molar-refractivity contribution is 7.89. The van der Waals surface area contributed by atoms with E-state index in [4.69, 9.17) is 0 Å². The zero-order chi connectivity index (χ0) is 22.6. The Morgan fingerprint density at radius 1 is 1.00 bits per heavy atom. The third-order valence-corrected chi connectivity index (χ3v) is 7.60. The smallest absolute Gasteiger partial charge is 0.243 e. The Kier molecular flexibility index (Phi) is 7.12. The lowest BCUT2D eigenvalue weighted by atomic mass is 9.96. The molecule has 8 heteroatoms. The predicted molar refractivity (Wildman–Crippen MR) is 120 cm³/mol. The maximum atomic E-state index is 12.8. The zero-order valence-electron chi connectivity index (χ0n) is 18.2. The van der Waals surface area contributed by atoms with Crippen molar-refractivity contribution in [2.24, 2.45) is 5.92 Å². The van der Waals surface area contributed by atoms with Gasteiger partial charge in [0, 0.05) is 31.7 Å². The van der Waals surface area contributed by atoms with Gasteiger partial charge in [-0.15, -0.1) is 0 Å². The van der Waals surface area contributed by atoms with Crippen molar-refractivity contribution in [3.63, 3.8) is 0 Å². The summed E-state index contributed by atoms with van der Waals surface area (Å²) < 4.78 is 26.9. The maximum Gasteiger partial charge on any atom is 0.243 e. The fraction of sp³-hybridized carbons (Fsp3) is 0.391. The molecule has 0 aromatic heterocycles. The topological polar surface area (TPSA) is 86.8 Å². The third-order valence-electron chi connectivity index (χ3n) is 5.69. The number of amides is 2. The van der Waals surface area contributed by atoms with Crippen LogP contribution in [0.5, 0.6) is 0 Å². The van der Waals surface area contributed by atoms with Crippen LogP contribution in [0.2, 0.25) is 0 Å². The number of nitrogens with zero attached hydrogens (tertiary/aromatic N) is 2. The molecule has 2 aromatic rings. The fourth-order valence-electron chi connectivity index (χ4n) is 3.88. The summed E-state index contributed by atoms with van der Waals surface area (Å²) in [4.78, 5) is 27.0. The molecular formula is C23H29N3O4S. The average Bonchev–Trinajstić information content (AvgIpc) is 2.76. The summed E-state index contributed by atoms with van der Waals surface area (Å²) in [7, 11) is -1.94. The highest BCUT2D eigenvalue weighted by Gasteiger charge is 2.33. The molecule has 0 saturated carbocycles. The number of benzene rings is 2. The Balaban J connectivity index is 1.55. The number of sulfonamides is 1. The van der Waals surface area contributed by atoms with Crippen molar-refractivity contribution in [2.45, 2.75) is 31.6 Å². The molecule has 7 nitrogen and oxygen atoms in total. The van der Waals surface area contributed by atoms with Gasteiger partial charge in [-0.2, -0.15) is 4.31 Å². The van der Waals surface area contributed by atoms with Crippen molar-refractivity contribution in [1.29, 1.82) is 0 Å². The highest BCUT2D eigenvalue weighted by Crippen LogP contribution is 2.25. The van der Waals surface area contributed by atoms with Gasteiger partial charge < -0.3 is 10.2 Å². The molecule has 3 rings (SSSR count). The van der Waals surface area contributed by atoms with Crippen LogP contribution in [0, 0.1) is 19.8 Å². The van der Waals surface area contributed by atoms with Crippen molar-refractivity contribution in [1.82, 2.24) is 9.21 Å². The van der Waals surface area contributed by atoms with Crippen LogP contribution in [0.25, 0.3) is 0 Å². The first kappa shape index (κ1) is 23.0. The molecule has 1 saturated heterocycles. The number of nitrogens with one attached hydrogen (secondary N) is 1. The van der Waals surface area contributed by atoms with Crippen LogP contribution in [0.4, 0.5) is 5.69 Å². The first-order chi connectivity index (χ1) is 14.7. The van der Waals surface area contributed by atoms with Crippen LogP contribution >= 0.6 is 0 Å². The monoisotopic (exact) mass is 443 g/mol. The van der Waals surface area contributed by atoms with Crippen LogP contribution in [-0.2, 0) is 19.6 Å². The number of anilines is 1. The summed E-state index contributed by atoms with van der Waals surface area (Å²) in [5, 5.41) is 2.89. The van der Waals surface area contributed by atoms with Crippen LogP contribution < -0.4 is 5.32 Å². The molecule has 1 N–H and O–H groups in total. The van der Waals surface area contributed by atoms with Crippen LogP contribution in [0.3, 0.4) is 0 Å². The quantitative estimate of drug-likeness (QED) is 0.744. The van der Waals surface area contributed by atoms with Gasteiger partial charge in [0.25, 0.3) is 0 Å². The van der Waals surface area contributed by atoms with E-state index in [1.807, 2.05) is 32.0 Å². The Morgan fingerprint density at radius 3 is 2.16 bits per heavy atom. The molecule has 1 fully saturated rings. The second kappa shape index (κ2) is 9.62. The Morgan fingerprint density at radius 2 is 1.58 bits per heavy atom. The summed E-state index contributed by atoms with van der Waals surface area (Å²) >= 11 is 0. The molecule has 1 aliphatic rings. The van der Waals surface area contributed by atoms with Crippen LogP contribution in [0.15, 0.2) is 53.4 Å². The lowest BCUT2D eigenvalue weighted by Gasteiger charge is -2.32. The van der Waals surface area contributed by atoms with Gasteiger partial charge in [-0.1, -0.05) is 36.4 Å². The molecule has 0 aliphatic carbocycles. The van der Waals surface area contributed by atoms with E-state index in [9.17, 15) is 18.0 Å². The highest BCUT2D eigenvalue weighted by atomic mass is 32.2. The van der Waals surface area contributed by atoms with E-state index in [0.29, 0.717) is 12.8 Å². The molecule has 2 aromatic carbocycles. The summed E-state index contributed by atoms with van der Waals surface area (Å²) in [5.41, 5.74) is 2.71. The van der Waals surface area contributed by atoms with Gasteiger partial charge in [-0.3, -0.25) is 9.59 Å². The van der Waals surface area contributed by atoms with E-state index in [0.717, 1.165) is 16.8 Å². The average molecular weight is 444 g/mol. The Hall–Kier alpha value is -2.71. The molecule has 31 heavy (non-hydrogen) atoms. The van der Waals surface area contributed by atoms with Crippen LogP contribution in [-0.4, -0.2) is 56.1 Å². The van der Waals surface area contributed by atoms with Crippen molar-refractivity contribution in [3.8, 4) is 0 Å². The van der Waals surface area contributed by atoms with E-state index in [1.165, 1.54) is 9.21 Å². The van der Waals surface area contributed by atoms with E-state index in [2.05, 4.69) is 5.32 Å².